The fourth-order valence-electron chi connectivity index (χ4n) is 3.41. The van der Waals surface area contributed by atoms with E-state index in [0.29, 0.717) is 31.1 Å². The minimum atomic E-state index is -0.686. The SMILES string of the molecule is COC(=O)[C@](C)(CC(C)C)NCc1ccc(N2CCC(=O)CC2)cc1. The Bertz CT molecular complexity index is 587. The minimum absolute atomic E-state index is 0.226. The van der Waals surface area contributed by atoms with Crippen LogP contribution in [-0.2, 0) is 20.9 Å². The predicted molar refractivity (Wildman–Crippen MR) is 99.6 cm³/mol. The van der Waals surface area contributed by atoms with E-state index >= 15 is 0 Å². The van der Waals surface area contributed by atoms with Crippen LogP contribution in [0.4, 0.5) is 5.69 Å². The third-order valence-electron chi connectivity index (χ3n) is 4.76. The lowest BCUT2D eigenvalue weighted by Gasteiger charge is -2.30. The Morgan fingerprint density at radius 1 is 1.24 bits per heavy atom. The zero-order valence-electron chi connectivity index (χ0n) is 15.8. The van der Waals surface area contributed by atoms with E-state index in [9.17, 15) is 9.59 Å². The molecule has 5 nitrogen and oxygen atoms in total. The van der Waals surface area contributed by atoms with Crippen LogP contribution in [-0.4, -0.2) is 37.5 Å². The molecule has 1 aliphatic rings. The Kier molecular flexibility index (Phi) is 6.59. The molecule has 2 rings (SSSR count). The van der Waals surface area contributed by atoms with Gasteiger partial charge in [0.15, 0.2) is 0 Å². The first kappa shape index (κ1) is 19.4. The van der Waals surface area contributed by atoms with Crippen molar-refractivity contribution < 1.29 is 14.3 Å². The second-order valence-corrected chi connectivity index (χ2v) is 7.47. The molecular weight excluding hydrogens is 316 g/mol. The second-order valence-electron chi connectivity index (χ2n) is 7.47. The Labute approximate surface area is 150 Å². The molecule has 1 aliphatic heterocycles. The number of hydrogen-bond acceptors (Lipinski definition) is 5. The number of hydrogen-bond donors (Lipinski definition) is 1. The Morgan fingerprint density at radius 2 is 1.84 bits per heavy atom. The number of anilines is 1. The van der Waals surface area contributed by atoms with E-state index in [2.05, 4.69) is 48.3 Å². The van der Waals surface area contributed by atoms with Gasteiger partial charge in [0.2, 0.25) is 0 Å². The molecule has 0 spiro atoms. The first-order valence-corrected chi connectivity index (χ1v) is 9.03. The summed E-state index contributed by atoms with van der Waals surface area (Å²) in [5, 5.41) is 3.37. The van der Waals surface area contributed by atoms with Crippen LogP contribution in [0.2, 0.25) is 0 Å². The fourth-order valence-corrected chi connectivity index (χ4v) is 3.41. The van der Waals surface area contributed by atoms with Crippen LogP contribution < -0.4 is 10.2 Å². The van der Waals surface area contributed by atoms with Crippen LogP contribution in [0.1, 0.15) is 45.6 Å². The van der Waals surface area contributed by atoms with Crippen LogP contribution >= 0.6 is 0 Å². The van der Waals surface area contributed by atoms with E-state index in [0.717, 1.165) is 30.8 Å². The van der Waals surface area contributed by atoms with Crippen molar-refractivity contribution in [1.29, 1.82) is 0 Å². The molecule has 0 aromatic heterocycles. The lowest BCUT2D eigenvalue weighted by Crippen LogP contribution is -2.50. The number of ketones is 1. The van der Waals surface area contributed by atoms with Crippen LogP contribution in [0.15, 0.2) is 24.3 Å². The molecule has 1 saturated heterocycles. The molecule has 25 heavy (non-hydrogen) atoms. The van der Waals surface area contributed by atoms with Crippen molar-refractivity contribution in [2.75, 3.05) is 25.1 Å². The number of nitrogens with zero attached hydrogens (tertiary/aromatic N) is 1. The normalized spacial score (nSPS) is 17.5. The Morgan fingerprint density at radius 3 is 2.36 bits per heavy atom. The molecule has 0 aliphatic carbocycles. The molecular formula is C20H30N2O3. The van der Waals surface area contributed by atoms with Gasteiger partial charge in [-0.2, -0.15) is 0 Å². The zero-order valence-corrected chi connectivity index (χ0v) is 15.8. The lowest BCUT2D eigenvalue weighted by molar-refractivity contribution is -0.148. The van der Waals surface area contributed by atoms with E-state index < -0.39 is 5.54 Å². The third kappa shape index (κ3) is 5.30. The molecule has 0 saturated carbocycles. The summed E-state index contributed by atoms with van der Waals surface area (Å²) in [5.41, 5.74) is 1.58. The monoisotopic (exact) mass is 346 g/mol. The largest absolute Gasteiger partial charge is 0.468 e. The Hall–Kier alpha value is -1.88. The molecule has 1 aromatic carbocycles. The van der Waals surface area contributed by atoms with Gasteiger partial charge in [-0.25, -0.2) is 0 Å². The van der Waals surface area contributed by atoms with Gasteiger partial charge in [0.1, 0.15) is 11.3 Å². The average molecular weight is 346 g/mol. The van der Waals surface area contributed by atoms with E-state index in [1.807, 2.05) is 6.92 Å². The van der Waals surface area contributed by atoms with Gasteiger partial charge >= 0.3 is 5.97 Å². The van der Waals surface area contributed by atoms with Gasteiger partial charge in [0.05, 0.1) is 7.11 Å². The number of Topliss-reactive ketones (excluding diaryl/α,β-unsaturated/α-hetero) is 1. The number of piperidine rings is 1. The van der Waals surface area contributed by atoms with E-state index in [1.54, 1.807) is 0 Å². The highest BCUT2D eigenvalue weighted by atomic mass is 16.5. The quantitative estimate of drug-likeness (QED) is 0.769. The lowest BCUT2D eigenvalue weighted by atomic mass is 9.90. The van der Waals surface area contributed by atoms with Gasteiger partial charge in [0.25, 0.3) is 0 Å². The van der Waals surface area contributed by atoms with E-state index in [1.165, 1.54) is 7.11 Å². The highest BCUT2D eigenvalue weighted by molar-refractivity contribution is 5.81. The Balaban J connectivity index is 1.97. The van der Waals surface area contributed by atoms with Gasteiger partial charge in [-0.3, -0.25) is 14.9 Å². The summed E-state index contributed by atoms with van der Waals surface area (Å²) in [6.07, 6.45) is 1.99. The number of methoxy groups -OCH3 is 1. The predicted octanol–water partition coefficient (Wildman–Crippen LogP) is 2.92. The standard InChI is InChI=1S/C20H30N2O3/c1-15(2)13-20(3,19(24)25-4)21-14-16-5-7-17(8-6-16)22-11-9-18(23)10-12-22/h5-8,15,21H,9-14H2,1-4H3/t20-/m0/s1. The molecule has 1 atom stereocenters. The van der Waals surface area contributed by atoms with Gasteiger partial charge < -0.3 is 9.64 Å². The van der Waals surface area contributed by atoms with Crippen molar-refractivity contribution in [2.24, 2.45) is 5.92 Å². The van der Waals surface area contributed by atoms with Crippen molar-refractivity contribution in [3.63, 3.8) is 0 Å². The minimum Gasteiger partial charge on any atom is -0.468 e. The highest BCUT2D eigenvalue weighted by Crippen LogP contribution is 2.21. The number of ether oxygens (including phenoxy) is 1. The average Bonchev–Trinajstić information content (AvgIpc) is 2.60. The maximum atomic E-state index is 12.2. The van der Waals surface area contributed by atoms with E-state index in [-0.39, 0.29) is 5.97 Å². The van der Waals surface area contributed by atoms with Crippen molar-refractivity contribution in [3.8, 4) is 0 Å². The number of carbonyl (C=O) groups excluding carboxylic acids is 2. The molecule has 0 unspecified atom stereocenters. The van der Waals surface area contributed by atoms with Crippen LogP contribution in [0.25, 0.3) is 0 Å². The zero-order chi connectivity index (χ0) is 18.4. The third-order valence-corrected chi connectivity index (χ3v) is 4.76. The number of esters is 1. The van der Waals surface area contributed by atoms with Crippen molar-refractivity contribution in [1.82, 2.24) is 5.32 Å². The summed E-state index contributed by atoms with van der Waals surface area (Å²) in [6.45, 7) is 8.30. The van der Waals surface area contributed by atoms with Crippen LogP contribution in [0, 0.1) is 5.92 Å². The van der Waals surface area contributed by atoms with Crippen LogP contribution in [0.3, 0.4) is 0 Å². The molecule has 1 fully saturated rings. The first-order valence-electron chi connectivity index (χ1n) is 9.03. The topological polar surface area (TPSA) is 58.6 Å². The summed E-state index contributed by atoms with van der Waals surface area (Å²) in [6, 6.07) is 8.33. The molecule has 1 heterocycles. The molecule has 0 bridgehead atoms. The summed E-state index contributed by atoms with van der Waals surface area (Å²) < 4.78 is 4.98. The maximum absolute atomic E-state index is 12.2. The van der Waals surface area contributed by atoms with Crippen molar-refractivity contribution >= 4 is 17.4 Å². The fraction of sp³-hybridized carbons (Fsp3) is 0.600. The molecule has 1 aromatic rings. The number of benzene rings is 1. The molecule has 138 valence electrons. The number of carbonyl (C=O) groups is 2. The second kappa shape index (κ2) is 8.48. The first-order chi connectivity index (χ1) is 11.8. The number of nitrogens with one attached hydrogen (secondary N) is 1. The maximum Gasteiger partial charge on any atom is 0.325 e. The van der Waals surface area contributed by atoms with Gasteiger partial charge in [-0.15, -0.1) is 0 Å². The van der Waals surface area contributed by atoms with Gasteiger partial charge in [0, 0.05) is 38.2 Å². The summed E-state index contributed by atoms with van der Waals surface area (Å²) in [5.74, 6) is 0.515. The smallest absolute Gasteiger partial charge is 0.325 e. The molecule has 5 heteroatoms. The van der Waals surface area contributed by atoms with Crippen LogP contribution in [0.5, 0.6) is 0 Å². The molecule has 0 radical (unpaired) electrons. The van der Waals surface area contributed by atoms with Crippen molar-refractivity contribution in [2.45, 2.75) is 52.1 Å². The number of rotatable bonds is 7. The van der Waals surface area contributed by atoms with E-state index in [4.69, 9.17) is 4.74 Å². The van der Waals surface area contributed by atoms with Gasteiger partial charge in [-0.1, -0.05) is 26.0 Å². The summed E-state index contributed by atoms with van der Waals surface area (Å²) >= 11 is 0. The van der Waals surface area contributed by atoms with Crippen molar-refractivity contribution in [3.05, 3.63) is 29.8 Å². The molecule has 1 N–H and O–H groups in total. The summed E-state index contributed by atoms with van der Waals surface area (Å²) in [7, 11) is 1.43. The molecule has 0 amide bonds. The highest BCUT2D eigenvalue weighted by Gasteiger charge is 2.34. The summed E-state index contributed by atoms with van der Waals surface area (Å²) in [4.78, 5) is 25.8. The van der Waals surface area contributed by atoms with Gasteiger partial charge in [-0.05, 0) is 37.0 Å².